The third-order valence-corrected chi connectivity index (χ3v) is 5.26. The monoisotopic (exact) mass is 397 g/mol. The Bertz CT molecular complexity index is 876. The van der Waals surface area contributed by atoms with Gasteiger partial charge in [-0.05, 0) is 63.0 Å². The van der Waals surface area contributed by atoms with Gasteiger partial charge in [-0.1, -0.05) is 18.2 Å². The second-order valence-corrected chi connectivity index (χ2v) is 7.38. The van der Waals surface area contributed by atoms with Gasteiger partial charge in [-0.2, -0.15) is 0 Å². The number of rotatable bonds is 7. The topological polar surface area (TPSA) is 84.7 Å². The summed E-state index contributed by atoms with van der Waals surface area (Å²) in [4.78, 5) is 25.5. The first-order valence-electron chi connectivity index (χ1n) is 9.96. The van der Waals surface area contributed by atoms with Gasteiger partial charge in [0.05, 0.1) is 17.2 Å². The van der Waals surface area contributed by atoms with E-state index in [9.17, 15) is 14.9 Å². The minimum atomic E-state index is -0.450. The van der Waals surface area contributed by atoms with E-state index in [1.165, 1.54) is 17.7 Å². The fourth-order valence-electron chi connectivity index (χ4n) is 3.60. The van der Waals surface area contributed by atoms with Crippen molar-refractivity contribution in [2.24, 2.45) is 5.92 Å². The minimum absolute atomic E-state index is 0.0185. The van der Waals surface area contributed by atoms with Gasteiger partial charge in [-0.25, -0.2) is 0 Å². The van der Waals surface area contributed by atoms with Crippen LogP contribution in [0.5, 0.6) is 5.75 Å². The summed E-state index contributed by atoms with van der Waals surface area (Å²) in [6.07, 6.45) is 1.54. The molecule has 7 heteroatoms. The third kappa shape index (κ3) is 5.54. The van der Waals surface area contributed by atoms with Crippen molar-refractivity contribution in [3.05, 3.63) is 63.7 Å². The molecular weight excluding hydrogens is 370 g/mol. The minimum Gasteiger partial charge on any atom is -0.494 e. The summed E-state index contributed by atoms with van der Waals surface area (Å²) in [6, 6.07) is 12.6. The molecule has 1 amide bonds. The summed E-state index contributed by atoms with van der Waals surface area (Å²) >= 11 is 0. The van der Waals surface area contributed by atoms with E-state index in [2.05, 4.69) is 22.3 Å². The molecule has 1 heterocycles. The molecule has 1 fully saturated rings. The Hall–Kier alpha value is -2.93. The maximum atomic E-state index is 12.7. The van der Waals surface area contributed by atoms with Crippen LogP contribution < -0.4 is 10.1 Å². The summed E-state index contributed by atoms with van der Waals surface area (Å²) in [6.45, 7) is 6.96. The number of likely N-dealkylation sites (tertiary alicyclic amines) is 1. The first-order chi connectivity index (χ1) is 14.0. The first kappa shape index (κ1) is 20.8. The molecule has 0 aromatic heterocycles. The van der Waals surface area contributed by atoms with Crippen molar-refractivity contribution in [1.29, 1.82) is 0 Å². The third-order valence-electron chi connectivity index (χ3n) is 5.26. The van der Waals surface area contributed by atoms with E-state index in [1.807, 2.05) is 26.0 Å². The number of hydrogen-bond acceptors (Lipinski definition) is 5. The molecule has 0 saturated carbocycles. The average Bonchev–Trinajstić information content (AvgIpc) is 2.70. The van der Waals surface area contributed by atoms with Crippen molar-refractivity contribution >= 4 is 17.3 Å². The van der Waals surface area contributed by atoms with Gasteiger partial charge in [0.25, 0.3) is 5.69 Å². The zero-order valence-electron chi connectivity index (χ0n) is 16.9. The van der Waals surface area contributed by atoms with Crippen LogP contribution in [0.1, 0.15) is 30.9 Å². The van der Waals surface area contributed by atoms with Crippen LogP contribution in [0.15, 0.2) is 42.5 Å². The summed E-state index contributed by atoms with van der Waals surface area (Å²) < 4.78 is 5.56. The number of carbonyl (C=O) groups excluding carboxylic acids is 1. The molecular formula is C22H27N3O4. The zero-order chi connectivity index (χ0) is 20.8. The zero-order valence-corrected chi connectivity index (χ0v) is 16.9. The molecule has 29 heavy (non-hydrogen) atoms. The number of benzene rings is 2. The normalized spacial score (nSPS) is 15.1. The number of nitrogens with zero attached hydrogens (tertiary/aromatic N) is 2. The van der Waals surface area contributed by atoms with E-state index in [0.29, 0.717) is 12.3 Å². The standard InChI is InChI=1S/C22H27N3O4/c1-3-29-20-6-4-5-17(13-20)15-24-11-9-18(10-12-24)22(26)23-21-14-19(25(27)28)8-7-16(21)2/h4-8,13-14,18H,3,9-12,15H2,1-2H3,(H,23,26). The number of nitro benzene ring substituents is 1. The number of piperidine rings is 1. The molecule has 0 aliphatic carbocycles. The van der Waals surface area contributed by atoms with Gasteiger partial charge < -0.3 is 10.1 Å². The fourth-order valence-corrected chi connectivity index (χ4v) is 3.60. The Morgan fingerprint density at radius 1 is 1.24 bits per heavy atom. The number of aryl methyl sites for hydroxylation is 1. The van der Waals surface area contributed by atoms with Gasteiger partial charge >= 0.3 is 0 Å². The highest BCUT2D eigenvalue weighted by atomic mass is 16.6. The number of carbonyl (C=O) groups is 1. The molecule has 7 nitrogen and oxygen atoms in total. The van der Waals surface area contributed by atoms with Gasteiger partial charge in [-0.3, -0.25) is 19.8 Å². The van der Waals surface area contributed by atoms with E-state index in [4.69, 9.17) is 4.74 Å². The maximum absolute atomic E-state index is 12.7. The Morgan fingerprint density at radius 3 is 2.69 bits per heavy atom. The van der Waals surface area contributed by atoms with Crippen molar-refractivity contribution in [2.45, 2.75) is 33.2 Å². The van der Waals surface area contributed by atoms with E-state index in [-0.39, 0.29) is 17.5 Å². The average molecular weight is 397 g/mol. The first-order valence-corrected chi connectivity index (χ1v) is 9.96. The largest absolute Gasteiger partial charge is 0.494 e. The molecule has 0 unspecified atom stereocenters. The quantitative estimate of drug-likeness (QED) is 0.560. The number of nitrogens with one attached hydrogen (secondary N) is 1. The fraction of sp³-hybridized carbons (Fsp3) is 0.409. The molecule has 0 bridgehead atoms. The smallest absolute Gasteiger partial charge is 0.271 e. The van der Waals surface area contributed by atoms with Crippen LogP contribution in [0.25, 0.3) is 0 Å². The summed E-state index contributed by atoms with van der Waals surface area (Å²) in [5.41, 5.74) is 2.51. The lowest BCUT2D eigenvalue weighted by atomic mass is 9.95. The van der Waals surface area contributed by atoms with Crippen LogP contribution in [0.3, 0.4) is 0 Å². The van der Waals surface area contributed by atoms with E-state index in [1.54, 1.807) is 6.07 Å². The van der Waals surface area contributed by atoms with Crippen molar-refractivity contribution in [1.82, 2.24) is 4.90 Å². The highest BCUT2D eigenvalue weighted by Gasteiger charge is 2.25. The lowest BCUT2D eigenvalue weighted by Crippen LogP contribution is -2.37. The predicted octanol–water partition coefficient (Wildman–Crippen LogP) is 4.15. The van der Waals surface area contributed by atoms with Gasteiger partial charge in [0, 0.05) is 24.6 Å². The number of non-ortho nitro benzene ring substituents is 1. The Labute approximate surface area is 170 Å². The Morgan fingerprint density at radius 2 is 2.00 bits per heavy atom. The predicted molar refractivity (Wildman–Crippen MR) is 112 cm³/mol. The van der Waals surface area contributed by atoms with E-state index in [0.717, 1.165) is 43.8 Å². The van der Waals surface area contributed by atoms with Crippen LogP contribution >= 0.6 is 0 Å². The second kappa shape index (κ2) is 9.52. The van der Waals surface area contributed by atoms with Crippen molar-refractivity contribution in [3.8, 4) is 5.75 Å². The van der Waals surface area contributed by atoms with Crippen LogP contribution in [0.2, 0.25) is 0 Å². The lowest BCUT2D eigenvalue weighted by Gasteiger charge is -2.31. The molecule has 154 valence electrons. The molecule has 1 N–H and O–H groups in total. The molecule has 0 radical (unpaired) electrons. The molecule has 1 aliphatic heterocycles. The Kier molecular flexibility index (Phi) is 6.82. The molecule has 3 rings (SSSR count). The van der Waals surface area contributed by atoms with E-state index < -0.39 is 4.92 Å². The number of ether oxygens (including phenoxy) is 1. The molecule has 1 aliphatic rings. The van der Waals surface area contributed by atoms with Crippen LogP contribution in [0, 0.1) is 23.0 Å². The summed E-state index contributed by atoms with van der Waals surface area (Å²) in [5.74, 6) is 0.734. The number of hydrogen-bond donors (Lipinski definition) is 1. The summed E-state index contributed by atoms with van der Waals surface area (Å²) in [5, 5.41) is 13.9. The van der Waals surface area contributed by atoms with Crippen LogP contribution in [-0.2, 0) is 11.3 Å². The van der Waals surface area contributed by atoms with Gasteiger partial charge in [-0.15, -0.1) is 0 Å². The number of nitro groups is 1. The number of amides is 1. The molecule has 0 spiro atoms. The molecule has 2 aromatic carbocycles. The highest BCUT2D eigenvalue weighted by molar-refractivity contribution is 5.93. The van der Waals surface area contributed by atoms with Gasteiger partial charge in [0.2, 0.25) is 5.91 Å². The Balaban J connectivity index is 1.54. The van der Waals surface area contributed by atoms with Crippen molar-refractivity contribution in [3.63, 3.8) is 0 Å². The second-order valence-electron chi connectivity index (χ2n) is 7.38. The maximum Gasteiger partial charge on any atom is 0.271 e. The molecule has 0 atom stereocenters. The van der Waals surface area contributed by atoms with Crippen LogP contribution in [0.4, 0.5) is 11.4 Å². The SMILES string of the molecule is CCOc1cccc(CN2CCC(C(=O)Nc3cc([N+](=O)[O-])ccc3C)CC2)c1. The van der Waals surface area contributed by atoms with Gasteiger partial charge in [0.15, 0.2) is 0 Å². The molecule has 1 saturated heterocycles. The highest BCUT2D eigenvalue weighted by Crippen LogP contribution is 2.25. The lowest BCUT2D eigenvalue weighted by molar-refractivity contribution is -0.384. The molecule has 2 aromatic rings. The van der Waals surface area contributed by atoms with Crippen molar-refractivity contribution < 1.29 is 14.5 Å². The van der Waals surface area contributed by atoms with Crippen LogP contribution in [-0.4, -0.2) is 35.4 Å². The summed E-state index contributed by atoms with van der Waals surface area (Å²) in [7, 11) is 0. The number of anilines is 1. The van der Waals surface area contributed by atoms with E-state index >= 15 is 0 Å². The van der Waals surface area contributed by atoms with Gasteiger partial charge in [0.1, 0.15) is 5.75 Å². The van der Waals surface area contributed by atoms with Crippen molar-refractivity contribution in [2.75, 3.05) is 25.0 Å².